The Labute approximate surface area is 102 Å². The molecule has 0 radical (unpaired) electrons. The molecule has 0 saturated heterocycles. The van der Waals surface area contributed by atoms with Crippen molar-refractivity contribution in [2.75, 3.05) is 5.73 Å². The van der Waals surface area contributed by atoms with Crippen molar-refractivity contribution in [2.45, 2.75) is 0 Å². The van der Waals surface area contributed by atoms with Crippen molar-refractivity contribution in [1.82, 2.24) is 9.97 Å². The maximum atomic E-state index is 10.9. The van der Waals surface area contributed by atoms with Crippen LogP contribution >= 0.6 is 0 Å². The maximum absolute atomic E-state index is 10.9. The SMILES string of the molecule is Nc1cc(C(=O)O)[nH]c1-c1cc2ccccc2[nH]1. The molecule has 0 unspecified atom stereocenters. The summed E-state index contributed by atoms with van der Waals surface area (Å²) >= 11 is 0. The van der Waals surface area contributed by atoms with Crippen molar-refractivity contribution < 1.29 is 9.90 Å². The van der Waals surface area contributed by atoms with E-state index in [-0.39, 0.29) is 5.69 Å². The predicted octanol–water partition coefficient (Wildman–Crippen LogP) is 2.44. The molecule has 5 nitrogen and oxygen atoms in total. The first-order valence-electron chi connectivity index (χ1n) is 5.45. The standard InChI is InChI=1S/C13H11N3O2/c14-8-6-11(13(17)18)16-12(8)10-5-7-3-1-2-4-9(7)15-10/h1-6,15-16H,14H2,(H,17,18). The highest BCUT2D eigenvalue weighted by atomic mass is 16.4. The Morgan fingerprint density at radius 2 is 1.94 bits per heavy atom. The molecule has 3 rings (SSSR count). The van der Waals surface area contributed by atoms with Crippen LogP contribution in [0.5, 0.6) is 0 Å². The number of nitrogens with one attached hydrogen (secondary N) is 2. The second-order valence-electron chi connectivity index (χ2n) is 4.09. The number of H-pyrrole nitrogens is 2. The number of rotatable bonds is 2. The van der Waals surface area contributed by atoms with Crippen LogP contribution in [0.15, 0.2) is 36.4 Å². The zero-order valence-electron chi connectivity index (χ0n) is 9.40. The second kappa shape index (κ2) is 3.66. The van der Waals surface area contributed by atoms with Crippen molar-refractivity contribution in [3.05, 3.63) is 42.1 Å². The lowest BCUT2D eigenvalue weighted by atomic mass is 10.2. The van der Waals surface area contributed by atoms with Crippen molar-refractivity contribution in [3.8, 4) is 11.4 Å². The number of hydrogen-bond donors (Lipinski definition) is 4. The fourth-order valence-electron chi connectivity index (χ4n) is 2.02. The van der Waals surface area contributed by atoms with Gasteiger partial charge in [0, 0.05) is 10.9 Å². The Morgan fingerprint density at radius 1 is 1.17 bits per heavy atom. The quantitative estimate of drug-likeness (QED) is 0.555. The van der Waals surface area contributed by atoms with Gasteiger partial charge in [0.1, 0.15) is 5.69 Å². The fourth-order valence-corrected chi connectivity index (χ4v) is 2.02. The van der Waals surface area contributed by atoms with E-state index in [1.807, 2.05) is 30.3 Å². The van der Waals surface area contributed by atoms with E-state index >= 15 is 0 Å². The highest BCUT2D eigenvalue weighted by molar-refractivity contribution is 5.92. The van der Waals surface area contributed by atoms with E-state index in [4.69, 9.17) is 10.8 Å². The molecular formula is C13H11N3O2. The number of aromatic amines is 2. The molecule has 0 saturated carbocycles. The topological polar surface area (TPSA) is 94.9 Å². The molecule has 5 N–H and O–H groups in total. The van der Waals surface area contributed by atoms with Gasteiger partial charge in [0.2, 0.25) is 0 Å². The Hall–Kier alpha value is -2.69. The molecular weight excluding hydrogens is 230 g/mol. The third kappa shape index (κ3) is 1.53. The summed E-state index contributed by atoms with van der Waals surface area (Å²) in [4.78, 5) is 16.9. The number of hydrogen-bond acceptors (Lipinski definition) is 2. The maximum Gasteiger partial charge on any atom is 0.352 e. The fraction of sp³-hybridized carbons (Fsp3) is 0. The van der Waals surface area contributed by atoms with Crippen LogP contribution in [0.4, 0.5) is 5.69 Å². The average molecular weight is 241 g/mol. The first-order chi connectivity index (χ1) is 8.65. The molecule has 0 aliphatic rings. The number of fused-ring (bicyclic) bond motifs is 1. The van der Waals surface area contributed by atoms with Gasteiger partial charge in [-0.25, -0.2) is 4.79 Å². The zero-order chi connectivity index (χ0) is 12.7. The lowest BCUT2D eigenvalue weighted by molar-refractivity contribution is 0.0691. The summed E-state index contributed by atoms with van der Waals surface area (Å²) in [5.74, 6) is -1.02. The smallest absolute Gasteiger partial charge is 0.352 e. The van der Waals surface area contributed by atoms with Crippen LogP contribution in [0, 0.1) is 0 Å². The van der Waals surface area contributed by atoms with Crippen LogP contribution < -0.4 is 5.73 Å². The monoisotopic (exact) mass is 241 g/mol. The van der Waals surface area contributed by atoms with Gasteiger partial charge in [-0.1, -0.05) is 18.2 Å². The molecule has 90 valence electrons. The van der Waals surface area contributed by atoms with E-state index in [1.54, 1.807) is 0 Å². The normalized spacial score (nSPS) is 10.9. The number of anilines is 1. The summed E-state index contributed by atoms with van der Waals surface area (Å²) in [6.45, 7) is 0. The molecule has 2 heterocycles. The number of carboxylic acids is 1. The van der Waals surface area contributed by atoms with Crippen molar-refractivity contribution >= 4 is 22.6 Å². The molecule has 0 aliphatic heterocycles. The molecule has 18 heavy (non-hydrogen) atoms. The van der Waals surface area contributed by atoms with Gasteiger partial charge in [0.05, 0.1) is 17.1 Å². The van der Waals surface area contributed by atoms with E-state index < -0.39 is 5.97 Å². The van der Waals surface area contributed by atoms with E-state index in [0.29, 0.717) is 11.4 Å². The van der Waals surface area contributed by atoms with Crippen LogP contribution in [0.3, 0.4) is 0 Å². The molecule has 0 aliphatic carbocycles. The van der Waals surface area contributed by atoms with Gasteiger partial charge < -0.3 is 20.8 Å². The van der Waals surface area contributed by atoms with Crippen molar-refractivity contribution in [1.29, 1.82) is 0 Å². The van der Waals surface area contributed by atoms with Gasteiger partial charge in [0.25, 0.3) is 0 Å². The van der Waals surface area contributed by atoms with Crippen LogP contribution in [-0.4, -0.2) is 21.0 Å². The summed E-state index contributed by atoms with van der Waals surface area (Å²) in [6.07, 6.45) is 0. The minimum absolute atomic E-state index is 0.0844. The number of carboxylic acid groups (broad SMARTS) is 1. The number of nitrogens with two attached hydrogens (primary N) is 1. The lowest BCUT2D eigenvalue weighted by Crippen LogP contribution is -1.95. The predicted molar refractivity (Wildman–Crippen MR) is 69.5 cm³/mol. The minimum Gasteiger partial charge on any atom is -0.477 e. The van der Waals surface area contributed by atoms with E-state index in [9.17, 15) is 4.79 Å². The first-order valence-corrected chi connectivity index (χ1v) is 5.45. The molecule has 0 fully saturated rings. The largest absolute Gasteiger partial charge is 0.477 e. The molecule has 2 aromatic heterocycles. The van der Waals surface area contributed by atoms with Crippen LogP contribution in [0.2, 0.25) is 0 Å². The number of benzene rings is 1. The molecule has 0 atom stereocenters. The van der Waals surface area contributed by atoms with Gasteiger partial charge in [0.15, 0.2) is 0 Å². The highest BCUT2D eigenvalue weighted by Crippen LogP contribution is 2.28. The van der Waals surface area contributed by atoms with Gasteiger partial charge in [-0.05, 0) is 18.2 Å². The summed E-state index contributed by atoms with van der Waals surface area (Å²) in [7, 11) is 0. The number of aromatic carboxylic acids is 1. The average Bonchev–Trinajstić information content (AvgIpc) is 2.91. The minimum atomic E-state index is -1.02. The van der Waals surface area contributed by atoms with Crippen LogP contribution in [-0.2, 0) is 0 Å². The Morgan fingerprint density at radius 3 is 2.61 bits per heavy atom. The molecule has 5 heteroatoms. The Balaban J connectivity index is 2.16. The van der Waals surface area contributed by atoms with Gasteiger partial charge in [-0.2, -0.15) is 0 Å². The second-order valence-corrected chi connectivity index (χ2v) is 4.09. The van der Waals surface area contributed by atoms with Crippen molar-refractivity contribution in [2.24, 2.45) is 0 Å². The van der Waals surface area contributed by atoms with Crippen LogP contribution in [0.1, 0.15) is 10.5 Å². The third-order valence-electron chi connectivity index (χ3n) is 2.88. The highest BCUT2D eigenvalue weighted by Gasteiger charge is 2.13. The van der Waals surface area contributed by atoms with Crippen molar-refractivity contribution in [3.63, 3.8) is 0 Å². The summed E-state index contributed by atoms with van der Waals surface area (Å²) in [5, 5.41) is 9.97. The van der Waals surface area contributed by atoms with E-state index in [1.165, 1.54) is 6.07 Å². The Kier molecular flexibility index (Phi) is 2.13. The molecule has 0 spiro atoms. The summed E-state index contributed by atoms with van der Waals surface area (Å²) < 4.78 is 0. The number of carbonyl (C=O) groups is 1. The zero-order valence-corrected chi connectivity index (χ0v) is 9.40. The molecule has 1 aromatic carbocycles. The van der Waals surface area contributed by atoms with E-state index in [2.05, 4.69) is 9.97 Å². The van der Waals surface area contributed by atoms with Gasteiger partial charge >= 0.3 is 5.97 Å². The molecule has 0 amide bonds. The summed E-state index contributed by atoms with van der Waals surface area (Å²) in [5.41, 5.74) is 8.68. The number of para-hydroxylation sites is 1. The lowest BCUT2D eigenvalue weighted by Gasteiger charge is -1.95. The molecule has 3 aromatic rings. The number of aromatic nitrogens is 2. The first kappa shape index (κ1) is 10.5. The number of nitrogen functional groups attached to an aromatic ring is 1. The van der Waals surface area contributed by atoms with Gasteiger partial charge in [-0.3, -0.25) is 0 Å². The van der Waals surface area contributed by atoms with Gasteiger partial charge in [-0.15, -0.1) is 0 Å². The van der Waals surface area contributed by atoms with E-state index in [0.717, 1.165) is 16.6 Å². The third-order valence-corrected chi connectivity index (χ3v) is 2.88. The Bertz CT molecular complexity index is 707. The van der Waals surface area contributed by atoms with Crippen LogP contribution in [0.25, 0.3) is 22.3 Å². The summed E-state index contributed by atoms with van der Waals surface area (Å²) in [6, 6.07) is 11.2. The molecule has 0 bridgehead atoms.